The van der Waals surface area contributed by atoms with Crippen molar-refractivity contribution in [2.24, 2.45) is 11.7 Å². The number of nitrogens with two attached hydrogens (primary N) is 1. The molecule has 0 aromatic heterocycles. The predicted octanol–water partition coefficient (Wildman–Crippen LogP) is 4.58. The largest absolute Gasteiger partial charge is 0.399 e. The molecule has 5 N–H and O–H groups in total. The lowest BCUT2D eigenvalue weighted by Crippen LogP contribution is -2.41. The van der Waals surface area contributed by atoms with E-state index in [0.29, 0.717) is 12.6 Å². The molecule has 0 radical (unpaired) electrons. The fraction of sp³-hybridized carbons (Fsp3) is 0.481. The van der Waals surface area contributed by atoms with Gasteiger partial charge in [0.15, 0.2) is 0 Å². The molecular formula is C27H41N5. The summed E-state index contributed by atoms with van der Waals surface area (Å²) in [5.41, 5.74) is 12.7. The third-order valence-electron chi connectivity index (χ3n) is 6.79. The molecule has 3 rings (SSSR count). The summed E-state index contributed by atoms with van der Waals surface area (Å²) in [5.74, 6) is 0.799. The quantitative estimate of drug-likeness (QED) is 0.410. The van der Waals surface area contributed by atoms with Crippen molar-refractivity contribution in [1.29, 1.82) is 0 Å². The minimum Gasteiger partial charge on any atom is -0.399 e. The summed E-state index contributed by atoms with van der Waals surface area (Å²) in [7, 11) is 2.17. The van der Waals surface area contributed by atoms with Gasteiger partial charge in [0, 0.05) is 48.1 Å². The minimum absolute atomic E-state index is 0.331. The van der Waals surface area contributed by atoms with Crippen LogP contribution in [0.5, 0.6) is 0 Å². The first-order valence-corrected chi connectivity index (χ1v) is 12.0. The van der Waals surface area contributed by atoms with E-state index < -0.39 is 0 Å². The smallest absolute Gasteiger partial charge is 0.0560 e. The standard InChI is InChI=1S/C27H41N5/c1-5-23-11-8-12-26(30-19-24(28)18-29-17-22-9-6-7-10-22)25(23)15-16-32(4)27-14-13-20(2)31-21(27)3/h5,8,11-12,18,22,27,29-31H,1-3,6-7,9-10,13-17,19,28H2,4H3/b24-18-. The summed E-state index contributed by atoms with van der Waals surface area (Å²) in [6.45, 7) is 14.8. The molecule has 0 bridgehead atoms. The second-order valence-electron chi connectivity index (χ2n) is 9.25. The Bertz CT molecular complexity index is 834. The number of hydrogen-bond donors (Lipinski definition) is 4. The van der Waals surface area contributed by atoms with Crippen LogP contribution in [0.1, 0.15) is 49.7 Å². The van der Waals surface area contributed by atoms with Gasteiger partial charge in [-0.3, -0.25) is 4.90 Å². The Balaban J connectivity index is 1.56. The van der Waals surface area contributed by atoms with Crippen molar-refractivity contribution in [3.63, 3.8) is 0 Å². The van der Waals surface area contributed by atoms with Crippen LogP contribution >= 0.6 is 0 Å². The Kier molecular flexibility index (Phi) is 8.86. The van der Waals surface area contributed by atoms with Gasteiger partial charge in [0.25, 0.3) is 0 Å². The van der Waals surface area contributed by atoms with Gasteiger partial charge in [-0.2, -0.15) is 0 Å². The molecule has 1 atom stereocenters. The van der Waals surface area contributed by atoms with Crippen LogP contribution in [0.3, 0.4) is 0 Å². The van der Waals surface area contributed by atoms with E-state index in [0.717, 1.165) is 61.0 Å². The average Bonchev–Trinajstić information content (AvgIpc) is 3.29. The van der Waals surface area contributed by atoms with Crippen LogP contribution in [-0.4, -0.2) is 37.6 Å². The van der Waals surface area contributed by atoms with E-state index in [-0.39, 0.29) is 0 Å². The molecule has 1 aliphatic carbocycles. The van der Waals surface area contributed by atoms with E-state index in [4.69, 9.17) is 5.73 Å². The van der Waals surface area contributed by atoms with Crippen LogP contribution < -0.4 is 21.7 Å². The lowest BCUT2D eigenvalue weighted by atomic mass is 9.98. The zero-order chi connectivity index (χ0) is 22.9. The number of anilines is 1. The maximum absolute atomic E-state index is 6.26. The van der Waals surface area contributed by atoms with E-state index in [1.54, 1.807) is 0 Å². The van der Waals surface area contributed by atoms with Crippen molar-refractivity contribution in [3.8, 4) is 0 Å². The van der Waals surface area contributed by atoms with E-state index in [1.807, 2.05) is 12.3 Å². The van der Waals surface area contributed by atoms with Crippen molar-refractivity contribution in [3.05, 3.63) is 72.4 Å². The van der Waals surface area contributed by atoms with Crippen molar-refractivity contribution in [2.45, 2.75) is 51.0 Å². The van der Waals surface area contributed by atoms with Crippen molar-refractivity contribution >= 4 is 11.8 Å². The number of nitrogens with one attached hydrogen (secondary N) is 3. The molecule has 0 spiro atoms. The van der Waals surface area contributed by atoms with Gasteiger partial charge in [-0.1, -0.05) is 50.8 Å². The zero-order valence-electron chi connectivity index (χ0n) is 19.8. The van der Waals surface area contributed by atoms with Gasteiger partial charge in [-0.15, -0.1) is 0 Å². The Morgan fingerprint density at radius 1 is 1.25 bits per heavy atom. The Hall–Kier alpha value is -2.66. The molecule has 1 saturated heterocycles. The minimum atomic E-state index is 0.331. The van der Waals surface area contributed by atoms with Crippen LogP contribution in [0.15, 0.2) is 61.2 Å². The summed E-state index contributed by atoms with van der Waals surface area (Å²) in [6.07, 6.45) is 12.3. The molecule has 5 nitrogen and oxygen atoms in total. The molecular weight excluding hydrogens is 394 g/mol. The van der Waals surface area contributed by atoms with Gasteiger partial charge in [-0.25, -0.2) is 0 Å². The topological polar surface area (TPSA) is 65.3 Å². The third-order valence-corrected chi connectivity index (χ3v) is 6.79. The SMILES string of the molecule is C=Cc1cccc(NC/C(N)=C/NCC2CCCC2)c1CCN(C)C1CCC(=C)NC1=C. The number of hydrogen-bond acceptors (Lipinski definition) is 5. The van der Waals surface area contributed by atoms with Crippen LogP contribution in [-0.2, 0) is 6.42 Å². The molecule has 0 amide bonds. The molecule has 2 fully saturated rings. The lowest BCUT2D eigenvalue weighted by molar-refractivity contribution is 0.246. The number of allylic oxidation sites excluding steroid dienone is 1. The fourth-order valence-corrected chi connectivity index (χ4v) is 4.85. The maximum atomic E-state index is 6.26. The molecule has 5 heteroatoms. The molecule has 2 aliphatic rings. The molecule has 1 aromatic carbocycles. The van der Waals surface area contributed by atoms with Gasteiger partial charge in [0.2, 0.25) is 0 Å². The van der Waals surface area contributed by atoms with Gasteiger partial charge in [-0.05, 0) is 62.3 Å². The first kappa shape index (κ1) is 24.0. The number of likely N-dealkylation sites (N-methyl/N-ethyl adjacent to an activating group) is 1. The van der Waals surface area contributed by atoms with Crippen molar-refractivity contribution in [2.75, 3.05) is 32.0 Å². The van der Waals surface area contributed by atoms with Crippen molar-refractivity contribution < 1.29 is 0 Å². The molecule has 1 unspecified atom stereocenters. The highest BCUT2D eigenvalue weighted by Gasteiger charge is 2.23. The highest BCUT2D eigenvalue weighted by Crippen LogP contribution is 2.25. The van der Waals surface area contributed by atoms with Crippen LogP contribution in [0, 0.1) is 5.92 Å². The van der Waals surface area contributed by atoms with E-state index in [1.165, 1.54) is 36.8 Å². The van der Waals surface area contributed by atoms with E-state index in [2.05, 4.69) is 65.8 Å². The summed E-state index contributed by atoms with van der Waals surface area (Å²) >= 11 is 0. The Morgan fingerprint density at radius 2 is 2.03 bits per heavy atom. The molecule has 1 saturated carbocycles. The first-order chi connectivity index (χ1) is 15.5. The molecule has 174 valence electrons. The van der Waals surface area contributed by atoms with Crippen LogP contribution in [0.4, 0.5) is 5.69 Å². The highest BCUT2D eigenvalue weighted by atomic mass is 15.2. The summed E-state index contributed by atoms with van der Waals surface area (Å²) in [5, 5.41) is 10.3. The number of piperidine rings is 1. The van der Waals surface area contributed by atoms with Crippen molar-refractivity contribution in [1.82, 2.24) is 15.5 Å². The first-order valence-electron chi connectivity index (χ1n) is 12.0. The van der Waals surface area contributed by atoms with Gasteiger partial charge in [0.05, 0.1) is 6.54 Å². The van der Waals surface area contributed by atoms with E-state index >= 15 is 0 Å². The Morgan fingerprint density at radius 3 is 2.75 bits per heavy atom. The third kappa shape index (κ3) is 6.67. The fourth-order valence-electron chi connectivity index (χ4n) is 4.85. The summed E-state index contributed by atoms with van der Waals surface area (Å²) in [6, 6.07) is 6.66. The number of benzene rings is 1. The lowest BCUT2D eigenvalue weighted by Gasteiger charge is -2.35. The monoisotopic (exact) mass is 435 g/mol. The summed E-state index contributed by atoms with van der Waals surface area (Å²) < 4.78 is 0. The summed E-state index contributed by atoms with van der Waals surface area (Å²) in [4.78, 5) is 2.38. The molecule has 1 aromatic rings. The Labute approximate surface area is 194 Å². The van der Waals surface area contributed by atoms with E-state index in [9.17, 15) is 0 Å². The highest BCUT2D eigenvalue weighted by molar-refractivity contribution is 5.64. The van der Waals surface area contributed by atoms with Crippen LogP contribution in [0.25, 0.3) is 6.08 Å². The zero-order valence-corrected chi connectivity index (χ0v) is 19.8. The number of rotatable bonds is 11. The van der Waals surface area contributed by atoms with Gasteiger partial charge in [0.1, 0.15) is 0 Å². The van der Waals surface area contributed by atoms with Crippen LogP contribution in [0.2, 0.25) is 0 Å². The maximum Gasteiger partial charge on any atom is 0.0560 e. The average molecular weight is 436 g/mol. The second-order valence-corrected chi connectivity index (χ2v) is 9.25. The number of nitrogens with zero attached hydrogens (tertiary/aromatic N) is 1. The van der Waals surface area contributed by atoms with Gasteiger partial charge >= 0.3 is 0 Å². The predicted molar refractivity (Wildman–Crippen MR) is 138 cm³/mol. The molecule has 32 heavy (non-hydrogen) atoms. The van der Waals surface area contributed by atoms with Gasteiger partial charge < -0.3 is 21.7 Å². The molecule has 1 heterocycles. The molecule has 1 aliphatic heterocycles. The second kappa shape index (κ2) is 11.8. The normalized spacial score (nSPS) is 19.8.